The number of hydrogen-bond donors (Lipinski definition) is 0. The van der Waals surface area contributed by atoms with Crippen molar-refractivity contribution < 1.29 is 27.2 Å². The maximum absolute atomic E-state index is 13.5. The molecule has 0 spiro atoms. The molecule has 1 aliphatic heterocycles. The van der Waals surface area contributed by atoms with Crippen molar-refractivity contribution >= 4 is 11.6 Å². The Bertz CT molecular complexity index is 999. The zero-order valence-electron chi connectivity index (χ0n) is 17.4. The summed E-state index contributed by atoms with van der Waals surface area (Å²) >= 11 is 0. The van der Waals surface area contributed by atoms with Gasteiger partial charge in [0.15, 0.2) is 6.10 Å². The van der Waals surface area contributed by atoms with E-state index >= 15 is 0 Å². The lowest BCUT2D eigenvalue weighted by atomic mass is 10.0. The molecule has 0 saturated heterocycles. The molecule has 1 heterocycles. The van der Waals surface area contributed by atoms with E-state index < -0.39 is 17.8 Å². The molecule has 1 aliphatic carbocycles. The minimum atomic E-state index is -4.45. The molecule has 1 unspecified atom stereocenters. The highest BCUT2D eigenvalue weighted by Gasteiger charge is 2.33. The Kier molecular flexibility index (Phi) is 6.48. The maximum Gasteiger partial charge on any atom is 0.416 e. The molecular formula is C24H24F4N2O2. The van der Waals surface area contributed by atoms with Crippen molar-refractivity contribution in [2.75, 3.05) is 6.54 Å². The molecule has 170 valence electrons. The van der Waals surface area contributed by atoms with Gasteiger partial charge in [-0.25, -0.2) is 4.39 Å². The van der Waals surface area contributed by atoms with Crippen molar-refractivity contribution in [1.82, 2.24) is 4.90 Å². The molecule has 32 heavy (non-hydrogen) atoms. The second-order valence-corrected chi connectivity index (χ2v) is 8.38. The molecule has 1 atom stereocenters. The van der Waals surface area contributed by atoms with Gasteiger partial charge in [0, 0.05) is 24.4 Å². The molecule has 0 N–H and O–H groups in total. The molecule has 1 amide bonds. The van der Waals surface area contributed by atoms with Gasteiger partial charge in [-0.1, -0.05) is 42.3 Å². The molecule has 4 rings (SSSR count). The number of carbonyl (C=O) groups excluding carboxylic acids is 1. The quantitative estimate of drug-likeness (QED) is 0.544. The molecule has 0 radical (unpaired) electrons. The fourth-order valence-corrected chi connectivity index (χ4v) is 4.34. The van der Waals surface area contributed by atoms with Crippen LogP contribution in [0.2, 0.25) is 0 Å². The van der Waals surface area contributed by atoms with E-state index in [2.05, 4.69) is 5.16 Å². The lowest BCUT2D eigenvalue weighted by Crippen LogP contribution is -2.40. The average molecular weight is 448 g/mol. The molecule has 8 heteroatoms. The summed E-state index contributed by atoms with van der Waals surface area (Å²) in [7, 11) is 0. The smallest absolute Gasteiger partial charge is 0.390 e. The third kappa shape index (κ3) is 5.29. The number of rotatable bonds is 6. The molecule has 2 aliphatic rings. The van der Waals surface area contributed by atoms with E-state index in [0.29, 0.717) is 23.3 Å². The number of halogens is 4. The highest BCUT2D eigenvalue weighted by atomic mass is 19.4. The lowest BCUT2D eigenvalue weighted by Gasteiger charge is -2.28. The molecule has 1 saturated carbocycles. The number of benzene rings is 2. The van der Waals surface area contributed by atoms with Gasteiger partial charge in [-0.2, -0.15) is 13.2 Å². The van der Waals surface area contributed by atoms with Crippen LogP contribution >= 0.6 is 0 Å². The molecule has 2 aromatic carbocycles. The predicted molar refractivity (Wildman–Crippen MR) is 111 cm³/mol. The van der Waals surface area contributed by atoms with Crippen LogP contribution in [0.3, 0.4) is 0 Å². The maximum atomic E-state index is 13.5. The third-order valence-electron chi connectivity index (χ3n) is 5.96. The largest absolute Gasteiger partial charge is 0.416 e. The Balaban J connectivity index is 1.49. The van der Waals surface area contributed by atoms with E-state index in [1.54, 1.807) is 23.1 Å². The SMILES string of the molecule is O=C(C1CCCC1)N(Cc1cccc(C(F)(F)F)c1)CC1CC(c2cccc(F)c2)=NO1. The number of hydrogen-bond acceptors (Lipinski definition) is 3. The summed E-state index contributed by atoms with van der Waals surface area (Å²) in [5, 5.41) is 4.06. The van der Waals surface area contributed by atoms with E-state index in [9.17, 15) is 22.4 Å². The van der Waals surface area contributed by atoms with Crippen LogP contribution in [-0.2, 0) is 22.4 Å². The summed E-state index contributed by atoms with van der Waals surface area (Å²) < 4.78 is 52.9. The minimum absolute atomic E-state index is 0.0639. The van der Waals surface area contributed by atoms with Crippen molar-refractivity contribution in [3.05, 3.63) is 71.0 Å². The van der Waals surface area contributed by atoms with Gasteiger partial charge in [-0.15, -0.1) is 0 Å². The van der Waals surface area contributed by atoms with Crippen LogP contribution in [0, 0.1) is 11.7 Å². The molecular weight excluding hydrogens is 424 g/mol. The van der Waals surface area contributed by atoms with Crippen molar-refractivity contribution in [2.24, 2.45) is 11.1 Å². The summed E-state index contributed by atoms with van der Waals surface area (Å²) in [6, 6.07) is 11.1. The second kappa shape index (κ2) is 9.30. The fourth-order valence-electron chi connectivity index (χ4n) is 4.34. The zero-order valence-corrected chi connectivity index (χ0v) is 17.4. The number of alkyl halides is 3. The van der Waals surface area contributed by atoms with Crippen molar-refractivity contribution in [2.45, 2.75) is 50.9 Å². The van der Waals surface area contributed by atoms with E-state index in [1.807, 2.05) is 0 Å². The van der Waals surface area contributed by atoms with Crippen LogP contribution in [0.25, 0.3) is 0 Å². The normalized spacial score (nSPS) is 19.0. The van der Waals surface area contributed by atoms with Crippen LogP contribution in [-0.4, -0.2) is 29.2 Å². The second-order valence-electron chi connectivity index (χ2n) is 8.38. The van der Waals surface area contributed by atoms with Crippen molar-refractivity contribution in [3.63, 3.8) is 0 Å². The average Bonchev–Trinajstić information content (AvgIpc) is 3.45. The Morgan fingerprint density at radius 2 is 1.84 bits per heavy atom. The van der Waals surface area contributed by atoms with Crippen LogP contribution in [0.1, 0.15) is 48.8 Å². The number of carbonyl (C=O) groups is 1. The summed E-state index contributed by atoms with van der Waals surface area (Å²) in [6.45, 7) is 0.266. The topological polar surface area (TPSA) is 41.9 Å². The minimum Gasteiger partial charge on any atom is -0.390 e. The zero-order chi connectivity index (χ0) is 22.7. The fraction of sp³-hybridized carbons (Fsp3) is 0.417. The Morgan fingerprint density at radius 3 is 2.56 bits per heavy atom. The first-order valence-corrected chi connectivity index (χ1v) is 10.7. The van der Waals surface area contributed by atoms with Gasteiger partial charge < -0.3 is 9.74 Å². The van der Waals surface area contributed by atoms with Gasteiger partial charge in [-0.3, -0.25) is 4.79 Å². The Labute approximate surface area is 183 Å². The monoisotopic (exact) mass is 448 g/mol. The Hall–Kier alpha value is -2.90. The van der Waals surface area contributed by atoms with E-state index in [1.165, 1.54) is 18.2 Å². The first-order valence-electron chi connectivity index (χ1n) is 10.7. The van der Waals surface area contributed by atoms with E-state index in [0.717, 1.165) is 37.8 Å². The summed E-state index contributed by atoms with van der Waals surface area (Å²) in [5.74, 6) is -0.565. The van der Waals surface area contributed by atoms with Crippen molar-refractivity contribution in [1.29, 1.82) is 0 Å². The van der Waals surface area contributed by atoms with Gasteiger partial charge in [-0.05, 0) is 42.7 Å². The molecule has 0 bridgehead atoms. The molecule has 1 fully saturated rings. The summed E-state index contributed by atoms with van der Waals surface area (Å²) in [6.07, 6.45) is -0.979. The standard InChI is InChI=1S/C24H24F4N2O2/c25-20-10-4-8-18(12-20)22-13-21(32-29-22)15-30(23(31)17-6-1-2-7-17)14-16-5-3-9-19(11-16)24(26,27)28/h3-5,8-12,17,21H,1-2,6-7,13-15H2. The first-order chi connectivity index (χ1) is 15.3. The number of oxime groups is 1. The number of amides is 1. The number of nitrogens with zero attached hydrogens (tertiary/aromatic N) is 2. The summed E-state index contributed by atoms with van der Waals surface area (Å²) in [5.41, 5.74) is 0.869. The predicted octanol–water partition coefficient (Wildman–Crippen LogP) is 5.56. The first kappa shape index (κ1) is 22.3. The van der Waals surface area contributed by atoms with Crippen molar-refractivity contribution in [3.8, 4) is 0 Å². The van der Waals surface area contributed by atoms with Gasteiger partial charge in [0.25, 0.3) is 0 Å². The highest BCUT2D eigenvalue weighted by molar-refractivity contribution is 6.01. The van der Waals surface area contributed by atoms with Gasteiger partial charge in [0.2, 0.25) is 5.91 Å². The van der Waals surface area contributed by atoms with Gasteiger partial charge >= 0.3 is 6.18 Å². The third-order valence-corrected chi connectivity index (χ3v) is 5.96. The lowest BCUT2D eigenvalue weighted by molar-refractivity contribution is -0.137. The van der Waals surface area contributed by atoms with Crippen LogP contribution < -0.4 is 0 Å². The van der Waals surface area contributed by atoms with E-state index in [4.69, 9.17) is 4.84 Å². The Morgan fingerprint density at radius 1 is 1.09 bits per heavy atom. The van der Waals surface area contributed by atoms with Gasteiger partial charge in [0.05, 0.1) is 17.8 Å². The van der Waals surface area contributed by atoms with Crippen LogP contribution in [0.4, 0.5) is 17.6 Å². The van der Waals surface area contributed by atoms with Crippen LogP contribution in [0.5, 0.6) is 0 Å². The van der Waals surface area contributed by atoms with E-state index in [-0.39, 0.29) is 30.7 Å². The molecule has 4 nitrogen and oxygen atoms in total. The van der Waals surface area contributed by atoms with Crippen LogP contribution in [0.15, 0.2) is 53.7 Å². The molecule has 0 aromatic heterocycles. The molecule has 2 aromatic rings. The van der Waals surface area contributed by atoms with Gasteiger partial charge in [0.1, 0.15) is 5.82 Å². The highest BCUT2D eigenvalue weighted by Crippen LogP contribution is 2.31. The summed E-state index contributed by atoms with van der Waals surface area (Å²) in [4.78, 5) is 20.3.